The van der Waals surface area contributed by atoms with Crippen LogP contribution < -0.4 is 0 Å². The molecule has 0 fully saturated rings. The molecule has 0 N–H and O–H groups in total. The molecular weight excluding hydrogens is 200 g/mol. The molecule has 2 heteroatoms. The van der Waals surface area contributed by atoms with Crippen LogP contribution in [0.1, 0.15) is 40.0 Å². The highest BCUT2D eigenvalue weighted by molar-refractivity contribution is 5.61. The van der Waals surface area contributed by atoms with E-state index in [-0.39, 0.29) is 5.92 Å². The highest BCUT2D eigenvalue weighted by Gasteiger charge is 2.42. The summed E-state index contributed by atoms with van der Waals surface area (Å²) in [4.78, 5) is 11.3. The van der Waals surface area contributed by atoms with Gasteiger partial charge in [-0.2, -0.15) is 0 Å². The van der Waals surface area contributed by atoms with Crippen LogP contribution in [0.25, 0.3) is 0 Å². The fourth-order valence-corrected chi connectivity index (χ4v) is 2.76. The third-order valence-electron chi connectivity index (χ3n) is 3.63. The largest absolute Gasteiger partial charge is 0.369 e. The zero-order valence-electron chi connectivity index (χ0n) is 10.7. The van der Waals surface area contributed by atoms with Crippen LogP contribution in [-0.2, 0) is 9.53 Å². The van der Waals surface area contributed by atoms with Gasteiger partial charge in [-0.15, -0.1) is 0 Å². The van der Waals surface area contributed by atoms with Gasteiger partial charge in [-0.25, -0.2) is 0 Å². The van der Waals surface area contributed by atoms with E-state index >= 15 is 0 Å². The first-order valence-electron chi connectivity index (χ1n) is 5.98. The number of carbonyl (C=O) groups excluding carboxylic acids is 1. The van der Waals surface area contributed by atoms with E-state index in [4.69, 9.17) is 4.74 Å². The molecule has 0 saturated carbocycles. The number of methoxy groups -OCH3 is 1. The summed E-state index contributed by atoms with van der Waals surface area (Å²) in [6.45, 7) is 6.22. The molecule has 0 spiro atoms. The molecule has 0 bridgehead atoms. The van der Waals surface area contributed by atoms with Gasteiger partial charge in [0, 0.05) is 7.11 Å². The lowest BCUT2D eigenvalue weighted by Crippen LogP contribution is -2.44. The van der Waals surface area contributed by atoms with Crippen molar-refractivity contribution >= 4 is 6.29 Å². The Kier molecular flexibility index (Phi) is 4.48. The van der Waals surface area contributed by atoms with Gasteiger partial charge in [-0.05, 0) is 37.8 Å². The standard InChI is InChI=1S/C14H22O2/c1-5-7-13(10-15)14(16-4)11(2)8-6-9-12(14)3/h8-10,13H,5-7H2,1-4H3. The first kappa shape index (κ1) is 13.2. The molecule has 0 aromatic carbocycles. The van der Waals surface area contributed by atoms with Crippen LogP contribution in [0.15, 0.2) is 23.3 Å². The first-order chi connectivity index (χ1) is 7.63. The summed E-state index contributed by atoms with van der Waals surface area (Å²) in [6.07, 6.45) is 8.17. The maximum atomic E-state index is 11.3. The summed E-state index contributed by atoms with van der Waals surface area (Å²) >= 11 is 0. The Morgan fingerprint density at radius 3 is 2.38 bits per heavy atom. The summed E-state index contributed by atoms with van der Waals surface area (Å²) in [7, 11) is 1.70. The molecule has 0 aliphatic heterocycles. The number of hydrogen-bond donors (Lipinski definition) is 0. The maximum Gasteiger partial charge on any atom is 0.126 e. The molecule has 1 aliphatic carbocycles. The number of hydrogen-bond acceptors (Lipinski definition) is 2. The predicted octanol–water partition coefficient (Wildman–Crippen LogP) is 3.28. The Morgan fingerprint density at radius 2 is 2.00 bits per heavy atom. The van der Waals surface area contributed by atoms with Crippen LogP contribution in [0.3, 0.4) is 0 Å². The topological polar surface area (TPSA) is 26.3 Å². The van der Waals surface area contributed by atoms with Crippen molar-refractivity contribution in [1.82, 2.24) is 0 Å². The molecule has 0 aromatic rings. The van der Waals surface area contributed by atoms with Crippen molar-refractivity contribution in [3.63, 3.8) is 0 Å². The maximum absolute atomic E-state index is 11.3. The van der Waals surface area contributed by atoms with Crippen molar-refractivity contribution in [2.75, 3.05) is 7.11 Å². The average molecular weight is 222 g/mol. The van der Waals surface area contributed by atoms with Gasteiger partial charge in [0.25, 0.3) is 0 Å². The minimum atomic E-state index is -0.490. The lowest BCUT2D eigenvalue weighted by atomic mass is 9.72. The van der Waals surface area contributed by atoms with Crippen molar-refractivity contribution in [2.45, 2.75) is 45.6 Å². The third-order valence-corrected chi connectivity index (χ3v) is 3.63. The Balaban J connectivity index is 3.15. The Hall–Kier alpha value is -0.890. The van der Waals surface area contributed by atoms with Crippen LogP contribution in [-0.4, -0.2) is 19.0 Å². The normalized spacial score (nSPS) is 21.0. The Bertz CT molecular complexity index is 295. The van der Waals surface area contributed by atoms with Crippen molar-refractivity contribution in [3.05, 3.63) is 23.3 Å². The lowest BCUT2D eigenvalue weighted by molar-refractivity contribution is -0.118. The fourth-order valence-electron chi connectivity index (χ4n) is 2.76. The van der Waals surface area contributed by atoms with Gasteiger partial charge in [0.1, 0.15) is 11.9 Å². The number of allylic oxidation sites excluding steroid dienone is 2. The molecule has 1 unspecified atom stereocenters. The lowest BCUT2D eigenvalue weighted by Gasteiger charge is -2.41. The monoisotopic (exact) mass is 222 g/mol. The summed E-state index contributed by atoms with van der Waals surface area (Å²) < 4.78 is 5.74. The molecule has 1 rings (SSSR count). The summed E-state index contributed by atoms with van der Waals surface area (Å²) in [6, 6.07) is 0. The predicted molar refractivity (Wildman–Crippen MR) is 66.3 cm³/mol. The van der Waals surface area contributed by atoms with E-state index in [2.05, 4.69) is 32.9 Å². The van der Waals surface area contributed by atoms with Crippen molar-refractivity contribution in [3.8, 4) is 0 Å². The zero-order valence-corrected chi connectivity index (χ0v) is 10.7. The number of aldehydes is 1. The van der Waals surface area contributed by atoms with Crippen LogP contribution >= 0.6 is 0 Å². The SMILES string of the molecule is CCCC(C=O)C1(OC)C(C)=CCC=C1C. The molecule has 2 nitrogen and oxygen atoms in total. The van der Waals surface area contributed by atoms with Gasteiger partial charge < -0.3 is 9.53 Å². The van der Waals surface area contributed by atoms with Crippen LogP contribution in [0.5, 0.6) is 0 Å². The second kappa shape index (κ2) is 5.44. The van der Waals surface area contributed by atoms with Crippen LogP contribution in [0, 0.1) is 5.92 Å². The van der Waals surface area contributed by atoms with E-state index in [9.17, 15) is 4.79 Å². The highest BCUT2D eigenvalue weighted by Crippen LogP contribution is 2.40. The number of ether oxygens (including phenoxy) is 1. The summed E-state index contributed by atoms with van der Waals surface area (Å²) in [5, 5.41) is 0. The van der Waals surface area contributed by atoms with Gasteiger partial charge >= 0.3 is 0 Å². The van der Waals surface area contributed by atoms with E-state index < -0.39 is 5.60 Å². The summed E-state index contributed by atoms with van der Waals surface area (Å²) in [5.41, 5.74) is 1.84. The van der Waals surface area contributed by atoms with E-state index in [0.717, 1.165) is 25.5 Å². The van der Waals surface area contributed by atoms with Gasteiger partial charge in [-0.1, -0.05) is 25.5 Å². The Morgan fingerprint density at radius 1 is 1.44 bits per heavy atom. The minimum Gasteiger partial charge on any atom is -0.369 e. The molecule has 90 valence electrons. The molecule has 0 radical (unpaired) electrons. The van der Waals surface area contributed by atoms with Crippen molar-refractivity contribution < 1.29 is 9.53 Å². The molecule has 1 atom stereocenters. The second-order valence-corrected chi connectivity index (χ2v) is 4.48. The van der Waals surface area contributed by atoms with Crippen LogP contribution in [0.2, 0.25) is 0 Å². The van der Waals surface area contributed by atoms with Gasteiger partial charge in [0.05, 0.1) is 5.92 Å². The van der Waals surface area contributed by atoms with E-state index in [1.165, 1.54) is 11.1 Å². The highest BCUT2D eigenvalue weighted by atomic mass is 16.5. The van der Waals surface area contributed by atoms with E-state index in [0.29, 0.717) is 0 Å². The van der Waals surface area contributed by atoms with Gasteiger partial charge in [0.15, 0.2) is 0 Å². The smallest absolute Gasteiger partial charge is 0.126 e. The minimum absolute atomic E-state index is 0.0738. The summed E-state index contributed by atoms with van der Waals surface area (Å²) in [5.74, 6) is -0.0738. The van der Waals surface area contributed by atoms with Gasteiger partial charge in [-0.3, -0.25) is 0 Å². The first-order valence-corrected chi connectivity index (χ1v) is 5.98. The second-order valence-electron chi connectivity index (χ2n) is 4.48. The van der Waals surface area contributed by atoms with Crippen molar-refractivity contribution in [1.29, 1.82) is 0 Å². The molecule has 0 heterocycles. The molecule has 1 aliphatic rings. The van der Waals surface area contributed by atoms with E-state index in [1.807, 2.05) is 0 Å². The van der Waals surface area contributed by atoms with Crippen LogP contribution in [0.4, 0.5) is 0 Å². The Labute approximate surface area is 98.4 Å². The molecule has 0 aromatic heterocycles. The quantitative estimate of drug-likeness (QED) is 0.527. The average Bonchev–Trinajstić information content (AvgIpc) is 2.28. The van der Waals surface area contributed by atoms with E-state index in [1.54, 1.807) is 7.11 Å². The fraction of sp³-hybridized carbons (Fsp3) is 0.643. The van der Waals surface area contributed by atoms with Gasteiger partial charge in [0.2, 0.25) is 0 Å². The molecule has 0 saturated heterocycles. The molecular formula is C14H22O2. The molecule has 16 heavy (non-hydrogen) atoms. The zero-order chi connectivity index (χ0) is 12.2. The number of rotatable bonds is 5. The number of carbonyl (C=O) groups is 1. The third kappa shape index (κ3) is 1.99. The molecule has 0 amide bonds. The van der Waals surface area contributed by atoms with Crippen molar-refractivity contribution in [2.24, 2.45) is 5.92 Å².